The quantitative estimate of drug-likeness (QED) is 0.877. The Hall–Kier alpha value is -1.48. The first-order chi connectivity index (χ1) is 8.13. The minimum absolute atomic E-state index is 0.961. The number of aromatic amines is 1. The number of hydrogen-bond donors (Lipinski definition) is 1. The molecular weight excluding hydrogens is 212 g/mol. The smallest absolute Gasteiger partial charge is 0.122 e. The number of aromatic nitrogens is 1. The number of hydrogen-bond acceptors (Lipinski definition) is 2. The molecule has 1 aromatic carbocycles. The van der Waals surface area contributed by atoms with Crippen molar-refractivity contribution in [2.45, 2.75) is 13.3 Å². The van der Waals surface area contributed by atoms with Crippen molar-refractivity contribution in [3.05, 3.63) is 29.5 Å². The molecule has 0 aliphatic heterocycles. The topological polar surface area (TPSA) is 28.3 Å². The molecule has 0 atom stereocenters. The van der Waals surface area contributed by atoms with Crippen LogP contribution in [0, 0.1) is 6.92 Å². The van der Waals surface area contributed by atoms with Crippen molar-refractivity contribution in [2.75, 3.05) is 27.7 Å². The van der Waals surface area contributed by atoms with E-state index < -0.39 is 0 Å². The van der Waals surface area contributed by atoms with Crippen LogP contribution in [0.5, 0.6) is 5.75 Å². The molecule has 0 radical (unpaired) electrons. The van der Waals surface area contributed by atoms with Gasteiger partial charge in [-0.05, 0) is 45.1 Å². The van der Waals surface area contributed by atoms with Crippen LogP contribution in [0.1, 0.15) is 11.1 Å². The molecule has 0 bridgehead atoms. The van der Waals surface area contributed by atoms with Crippen molar-refractivity contribution in [1.82, 2.24) is 9.88 Å². The zero-order valence-corrected chi connectivity index (χ0v) is 11.0. The van der Waals surface area contributed by atoms with E-state index in [0.29, 0.717) is 0 Å². The van der Waals surface area contributed by atoms with Gasteiger partial charge in [-0.25, -0.2) is 0 Å². The number of likely N-dealkylation sites (N-methyl/N-ethyl adjacent to an activating group) is 1. The summed E-state index contributed by atoms with van der Waals surface area (Å²) in [6.45, 7) is 3.18. The number of aryl methyl sites for hydroxylation is 1. The lowest BCUT2D eigenvalue weighted by Crippen LogP contribution is -2.14. The van der Waals surface area contributed by atoms with Gasteiger partial charge in [-0.1, -0.05) is 0 Å². The summed E-state index contributed by atoms with van der Waals surface area (Å²) in [5.74, 6) is 0.961. The molecule has 0 unspecified atom stereocenters. The average molecular weight is 232 g/mol. The van der Waals surface area contributed by atoms with E-state index in [1.807, 2.05) is 6.07 Å². The summed E-state index contributed by atoms with van der Waals surface area (Å²) in [5.41, 5.74) is 3.78. The lowest BCUT2D eigenvalue weighted by molar-refractivity contribution is 0.411. The number of methoxy groups -OCH3 is 1. The van der Waals surface area contributed by atoms with Crippen LogP contribution < -0.4 is 4.74 Å². The fourth-order valence-corrected chi connectivity index (χ4v) is 2.23. The molecule has 92 valence electrons. The minimum atomic E-state index is 0.961. The first-order valence-corrected chi connectivity index (χ1v) is 5.91. The molecule has 1 N–H and O–H groups in total. The average Bonchev–Trinajstić information content (AvgIpc) is 2.71. The third kappa shape index (κ3) is 2.29. The molecule has 2 aromatic rings. The fourth-order valence-electron chi connectivity index (χ4n) is 2.23. The summed E-state index contributed by atoms with van der Waals surface area (Å²) in [4.78, 5) is 5.53. The molecule has 0 aliphatic carbocycles. The molecule has 1 heterocycles. The van der Waals surface area contributed by atoms with Crippen LogP contribution in [0.15, 0.2) is 18.3 Å². The lowest BCUT2D eigenvalue weighted by atomic mass is 10.0. The SMILES string of the molecule is COc1ccc2[nH]cc(CCN(C)C)c2c1C. The zero-order valence-electron chi connectivity index (χ0n) is 11.0. The lowest BCUT2D eigenvalue weighted by Gasteiger charge is -2.10. The first kappa shape index (κ1) is 12.0. The Bertz CT molecular complexity index is 514. The van der Waals surface area contributed by atoms with Gasteiger partial charge in [0.15, 0.2) is 0 Å². The standard InChI is InChI=1S/C14H20N2O/c1-10-13(17-4)6-5-12-14(10)11(9-15-12)7-8-16(2)3/h5-6,9,15H,7-8H2,1-4H3. The molecule has 0 aliphatic rings. The summed E-state index contributed by atoms with van der Waals surface area (Å²) in [6.07, 6.45) is 3.17. The van der Waals surface area contributed by atoms with Gasteiger partial charge >= 0.3 is 0 Å². The Balaban J connectivity index is 2.43. The van der Waals surface area contributed by atoms with Crippen LogP contribution in [-0.2, 0) is 6.42 Å². The molecule has 3 heteroatoms. The highest BCUT2D eigenvalue weighted by Gasteiger charge is 2.10. The molecular formula is C14H20N2O. The number of H-pyrrole nitrogens is 1. The summed E-state index contributed by atoms with van der Waals surface area (Å²) in [7, 11) is 5.92. The second kappa shape index (κ2) is 4.80. The molecule has 2 rings (SSSR count). The normalized spacial score (nSPS) is 11.4. The molecule has 0 spiro atoms. The Morgan fingerprint density at radius 1 is 1.29 bits per heavy atom. The third-order valence-electron chi connectivity index (χ3n) is 3.19. The van der Waals surface area contributed by atoms with Gasteiger partial charge < -0.3 is 14.6 Å². The summed E-state index contributed by atoms with van der Waals surface area (Å²) in [5, 5.41) is 1.31. The third-order valence-corrected chi connectivity index (χ3v) is 3.19. The Morgan fingerprint density at radius 2 is 2.06 bits per heavy atom. The maximum atomic E-state index is 5.38. The van der Waals surface area contributed by atoms with Crippen LogP contribution in [0.25, 0.3) is 10.9 Å². The molecule has 0 saturated carbocycles. The second-order valence-electron chi connectivity index (χ2n) is 4.68. The van der Waals surface area contributed by atoms with Gasteiger partial charge in [0.2, 0.25) is 0 Å². The minimum Gasteiger partial charge on any atom is -0.496 e. The van der Waals surface area contributed by atoms with Gasteiger partial charge in [0.25, 0.3) is 0 Å². The second-order valence-corrected chi connectivity index (χ2v) is 4.68. The van der Waals surface area contributed by atoms with E-state index in [4.69, 9.17) is 4.74 Å². The van der Waals surface area contributed by atoms with Gasteiger partial charge in [-0.3, -0.25) is 0 Å². The Kier molecular flexibility index (Phi) is 3.38. The Morgan fingerprint density at radius 3 is 2.71 bits per heavy atom. The van der Waals surface area contributed by atoms with E-state index in [0.717, 1.165) is 18.7 Å². The van der Waals surface area contributed by atoms with Crippen LogP contribution in [0.2, 0.25) is 0 Å². The van der Waals surface area contributed by atoms with E-state index in [-0.39, 0.29) is 0 Å². The van der Waals surface area contributed by atoms with Crippen LogP contribution >= 0.6 is 0 Å². The van der Waals surface area contributed by atoms with Crippen molar-refractivity contribution < 1.29 is 4.74 Å². The largest absolute Gasteiger partial charge is 0.496 e. The van der Waals surface area contributed by atoms with Crippen molar-refractivity contribution >= 4 is 10.9 Å². The van der Waals surface area contributed by atoms with Crippen LogP contribution in [-0.4, -0.2) is 37.6 Å². The van der Waals surface area contributed by atoms with Crippen molar-refractivity contribution in [1.29, 1.82) is 0 Å². The van der Waals surface area contributed by atoms with Gasteiger partial charge in [0.1, 0.15) is 5.75 Å². The number of ether oxygens (including phenoxy) is 1. The van der Waals surface area contributed by atoms with E-state index in [2.05, 4.69) is 43.2 Å². The molecule has 3 nitrogen and oxygen atoms in total. The number of fused-ring (bicyclic) bond motifs is 1. The number of nitrogens with zero attached hydrogens (tertiary/aromatic N) is 1. The molecule has 0 amide bonds. The number of nitrogens with one attached hydrogen (secondary N) is 1. The Labute approximate surface area is 102 Å². The molecule has 17 heavy (non-hydrogen) atoms. The summed E-state index contributed by atoms with van der Waals surface area (Å²) >= 11 is 0. The maximum Gasteiger partial charge on any atom is 0.122 e. The van der Waals surface area contributed by atoms with E-state index in [9.17, 15) is 0 Å². The van der Waals surface area contributed by atoms with Crippen molar-refractivity contribution in [2.24, 2.45) is 0 Å². The predicted molar refractivity (Wildman–Crippen MR) is 71.8 cm³/mol. The monoisotopic (exact) mass is 232 g/mol. The number of rotatable bonds is 4. The number of benzene rings is 1. The maximum absolute atomic E-state index is 5.38. The van der Waals surface area contributed by atoms with Crippen molar-refractivity contribution in [3.63, 3.8) is 0 Å². The van der Waals surface area contributed by atoms with Crippen LogP contribution in [0.4, 0.5) is 0 Å². The van der Waals surface area contributed by atoms with Crippen LogP contribution in [0.3, 0.4) is 0 Å². The van der Waals surface area contributed by atoms with E-state index >= 15 is 0 Å². The highest BCUT2D eigenvalue weighted by molar-refractivity contribution is 5.88. The van der Waals surface area contributed by atoms with Gasteiger partial charge in [-0.15, -0.1) is 0 Å². The fraction of sp³-hybridized carbons (Fsp3) is 0.429. The van der Waals surface area contributed by atoms with E-state index in [1.165, 1.54) is 22.0 Å². The molecule has 0 saturated heterocycles. The van der Waals surface area contributed by atoms with Gasteiger partial charge in [0, 0.05) is 29.2 Å². The van der Waals surface area contributed by atoms with Gasteiger partial charge in [0.05, 0.1) is 7.11 Å². The predicted octanol–water partition coefficient (Wildman–Crippen LogP) is 2.59. The summed E-state index contributed by atoms with van der Waals surface area (Å²) in [6, 6.07) is 4.10. The van der Waals surface area contributed by atoms with Crippen molar-refractivity contribution in [3.8, 4) is 5.75 Å². The highest BCUT2D eigenvalue weighted by Crippen LogP contribution is 2.29. The molecule has 1 aromatic heterocycles. The summed E-state index contributed by atoms with van der Waals surface area (Å²) < 4.78 is 5.38. The van der Waals surface area contributed by atoms with E-state index in [1.54, 1.807) is 7.11 Å². The highest BCUT2D eigenvalue weighted by atomic mass is 16.5. The zero-order chi connectivity index (χ0) is 12.4. The first-order valence-electron chi connectivity index (χ1n) is 5.91. The van der Waals surface area contributed by atoms with Gasteiger partial charge in [-0.2, -0.15) is 0 Å². The molecule has 0 fully saturated rings.